The molecule has 3 heterocycles. The molecule has 180 valence electrons. The van der Waals surface area contributed by atoms with Crippen LogP contribution < -0.4 is 15.4 Å². The Morgan fingerprint density at radius 2 is 1.71 bits per heavy atom. The number of nitrogens with zero attached hydrogens (tertiary/aromatic N) is 3. The van der Waals surface area contributed by atoms with E-state index in [2.05, 4.69) is 10.2 Å². The molecule has 1 spiro atoms. The van der Waals surface area contributed by atoms with Gasteiger partial charge in [0.15, 0.2) is 0 Å². The number of hydrogen-bond donors (Lipinski definition) is 2. The Morgan fingerprint density at radius 1 is 1.03 bits per heavy atom. The fraction of sp³-hybridized carbons (Fsp3) is 0.308. The summed E-state index contributed by atoms with van der Waals surface area (Å²) in [5, 5.41) is 6.81. The molecule has 0 radical (unpaired) electrons. The van der Waals surface area contributed by atoms with Crippen LogP contribution >= 0.6 is 0 Å². The van der Waals surface area contributed by atoms with Crippen molar-refractivity contribution < 1.29 is 19.1 Å². The molecule has 0 unspecified atom stereocenters. The second-order valence-electron chi connectivity index (χ2n) is 9.09. The molecule has 2 aromatic carbocycles. The highest BCUT2D eigenvalue weighted by molar-refractivity contribution is 6.01. The summed E-state index contributed by atoms with van der Waals surface area (Å²) in [5.74, 6) is 0.161. The van der Waals surface area contributed by atoms with Crippen molar-refractivity contribution in [3.8, 4) is 16.9 Å². The maximum Gasteiger partial charge on any atom is 0.253 e. The third kappa shape index (κ3) is 4.03. The number of aromatic amines is 1. The van der Waals surface area contributed by atoms with Gasteiger partial charge in [0.1, 0.15) is 5.75 Å². The van der Waals surface area contributed by atoms with E-state index in [9.17, 15) is 14.4 Å². The number of H-pyrrole nitrogens is 1. The summed E-state index contributed by atoms with van der Waals surface area (Å²) in [4.78, 5) is 41.4. The summed E-state index contributed by atoms with van der Waals surface area (Å²) in [6.45, 7) is 1.66. The largest absolute Gasteiger partial charge is 0.496 e. The lowest BCUT2D eigenvalue weighted by Gasteiger charge is -2.38. The van der Waals surface area contributed by atoms with Crippen molar-refractivity contribution in [1.29, 1.82) is 0 Å². The van der Waals surface area contributed by atoms with E-state index in [0.717, 1.165) is 23.2 Å². The van der Waals surface area contributed by atoms with Gasteiger partial charge in [-0.05, 0) is 55.7 Å². The summed E-state index contributed by atoms with van der Waals surface area (Å²) in [7, 11) is 1.62. The SMILES string of the molecule is COc1cc(N2CCC3(CCN(C(=O)c4ccc(C(N)=O)cc4)CC3)C2=O)ccc1-c1cn[nH]c1. The Kier molecular flexibility index (Phi) is 5.76. The minimum absolute atomic E-state index is 0.0993. The van der Waals surface area contributed by atoms with Crippen molar-refractivity contribution in [2.45, 2.75) is 19.3 Å². The third-order valence-corrected chi connectivity index (χ3v) is 7.24. The number of nitrogens with two attached hydrogens (primary N) is 1. The highest BCUT2D eigenvalue weighted by Crippen LogP contribution is 2.44. The van der Waals surface area contributed by atoms with Crippen LogP contribution in [0.25, 0.3) is 11.1 Å². The van der Waals surface area contributed by atoms with E-state index in [4.69, 9.17) is 10.5 Å². The molecule has 3 aromatic rings. The zero-order valence-corrected chi connectivity index (χ0v) is 19.5. The number of nitrogens with one attached hydrogen (secondary N) is 1. The van der Waals surface area contributed by atoms with Crippen LogP contribution in [0, 0.1) is 5.41 Å². The maximum atomic E-state index is 13.6. The summed E-state index contributed by atoms with van der Waals surface area (Å²) in [6, 6.07) is 12.1. The Bertz CT molecular complexity index is 1260. The van der Waals surface area contributed by atoms with Gasteiger partial charge in [-0.25, -0.2) is 0 Å². The van der Waals surface area contributed by atoms with Gasteiger partial charge in [-0.2, -0.15) is 5.10 Å². The van der Waals surface area contributed by atoms with Crippen LogP contribution in [0.1, 0.15) is 40.0 Å². The average Bonchev–Trinajstić information content (AvgIpc) is 3.53. The maximum absolute atomic E-state index is 13.6. The number of methoxy groups -OCH3 is 1. The van der Waals surface area contributed by atoms with Gasteiger partial charge in [0.05, 0.1) is 18.7 Å². The molecule has 5 rings (SSSR count). The van der Waals surface area contributed by atoms with Crippen molar-refractivity contribution in [3.05, 3.63) is 66.0 Å². The van der Waals surface area contributed by atoms with E-state index in [-0.39, 0.29) is 11.8 Å². The predicted octanol–water partition coefficient (Wildman–Crippen LogP) is 2.84. The van der Waals surface area contributed by atoms with Gasteiger partial charge in [0.25, 0.3) is 5.91 Å². The van der Waals surface area contributed by atoms with Gasteiger partial charge in [0.2, 0.25) is 11.8 Å². The van der Waals surface area contributed by atoms with Gasteiger partial charge < -0.3 is 20.3 Å². The highest BCUT2D eigenvalue weighted by Gasteiger charge is 2.49. The number of primary amides is 1. The van der Waals surface area contributed by atoms with Crippen molar-refractivity contribution >= 4 is 23.4 Å². The number of rotatable bonds is 5. The van der Waals surface area contributed by atoms with Crippen LogP contribution in [0.2, 0.25) is 0 Å². The minimum atomic E-state index is -0.526. The Morgan fingerprint density at radius 3 is 2.34 bits per heavy atom. The number of carbonyl (C=O) groups excluding carboxylic acids is 3. The van der Waals surface area contributed by atoms with E-state index in [1.807, 2.05) is 23.1 Å². The van der Waals surface area contributed by atoms with Gasteiger partial charge in [-0.1, -0.05) is 0 Å². The molecular formula is C26H27N5O4. The molecule has 9 heteroatoms. The Hall–Kier alpha value is -4.14. The van der Waals surface area contributed by atoms with Gasteiger partial charge >= 0.3 is 0 Å². The monoisotopic (exact) mass is 473 g/mol. The number of aromatic nitrogens is 2. The quantitative estimate of drug-likeness (QED) is 0.590. The smallest absolute Gasteiger partial charge is 0.253 e. The molecule has 0 aliphatic carbocycles. The number of likely N-dealkylation sites (tertiary alicyclic amines) is 1. The molecule has 2 fully saturated rings. The zero-order valence-electron chi connectivity index (χ0n) is 19.5. The van der Waals surface area contributed by atoms with Crippen LogP contribution in [-0.4, -0.2) is 59.6 Å². The first kappa shape index (κ1) is 22.6. The summed E-state index contributed by atoms with van der Waals surface area (Å²) >= 11 is 0. The second kappa shape index (κ2) is 8.90. The van der Waals surface area contributed by atoms with Gasteiger partial charge in [-0.3, -0.25) is 19.5 Å². The van der Waals surface area contributed by atoms with E-state index < -0.39 is 11.3 Å². The fourth-order valence-electron chi connectivity index (χ4n) is 5.11. The lowest BCUT2D eigenvalue weighted by molar-refractivity contribution is -0.127. The van der Waals surface area contributed by atoms with E-state index in [1.165, 1.54) is 0 Å². The first-order valence-electron chi connectivity index (χ1n) is 11.6. The number of benzene rings is 2. The molecule has 3 amide bonds. The molecule has 35 heavy (non-hydrogen) atoms. The van der Waals surface area contributed by atoms with Gasteiger partial charge in [0, 0.05) is 59.8 Å². The molecular weight excluding hydrogens is 446 g/mol. The summed E-state index contributed by atoms with van der Waals surface area (Å²) < 4.78 is 5.60. The second-order valence-corrected chi connectivity index (χ2v) is 9.09. The molecule has 0 bridgehead atoms. The number of ether oxygens (including phenoxy) is 1. The van der Waals surface area contributed by atoms with Gasteiger partial charge in [-0.15, -0.1) is 0 Å². The van der Waals surface area contributed by atoms with Crippen molar-refractivity contribution in [2.24, 2.45) is 11.1 Å². The molecule has 2 saturated heterocycles. The lowest BCUT2D eigenvalue weighted by atomic mass is 9.77. The molecule has 0 atom stereocenters. The normalized spacial score (nSPS) is 17.1. The van der Waals surface area contributed by atoms with E-state index in [0.29, 0.717) is 49.4 Å². The van der Waals surface area contributed by atoms with E-state index >= 15 is 0 Å². The number of carbonyl (C=O) groups is 3. The van der Waals surface area contributed by atoms with Crippen LogP contribution in [0.3, 0.4) is 0 Å². The van der Waals surface area contributed by atoms with Crippen LogP contribution in [0.4, 0.5) is 5.69 Å². The van der Waals surface area contributed by atoms with Crippen LogP contribution in [-0.2, 0) is 4.79 Å². The standard InChI is InChI=1S/C26H27N5O4/c1-35-22-14-20(6-7-21(22)19-15-28-29-16-19)31-13-10-26(25(31)34)8-11-30(12-9-26)24(33)18-4-2-17(3-5-18)23(27)32/h2-7,14-16H,8-13H2,1H3,(H2,27,32)(H,28,29). The van der Waals surface area contributed by atoms with E-state index in [1.54, 1.807) is 48.7 Å². The van der Waals surface area contributed by atoms with Crippen LogP contribution in [0.15, 0.2) is 54.9 Å². The first-order chi connectivity index (χ1) is 16.9. The van der Waals surface area contributed by atoms with Crippen molar-refractivity contribution in [1.82, 2.24) is 15.1 Å². The topological polar surface area (TPSA) is 122 Å². The Labute approximate surface area is 202 Å². The number of hydrogen-bond acceptors (Lipinski definition) is 5. The molecule has 1 aromatic heterocycles. The summed E-state index contributed by atoms with van der Waals surface area (Å²) in [5.41, 5.74) is 8.33. The number of piperidine rings is 1. The fourth-order valence-corrected chi connectivity index (χ4v) is 5.11. The predicted molar refractivity (Wildman–Crippen MR) is 130 cm³/mol. The number of amides is 3. The lowest BCUT2D eigenvalue weighted by Crippen LogP contribution is -2.46. The van der Waals surface area contributed by atoms with Crippen molar-refractivity contribution in [2.75, 3.05) is 31.6 Å². The van der Waals surface area contributed by atoms with Crippen LogP contribution in [0.5, 0.6) is 5.75 Å². The molecule has 2 aliphatic rings. The first-order valence-corrected chi connectivity index (χ1v) is 11.6. The summed E-state index contributed by atoms with van der Waals surface area (Å²) in [6.07, 6.45) is 5.53. The molecule has 2 aliphatic heterocycles. The highest BCUT2D eigenvalue weighted by atomic mass is 16.5. The molecule has 3 N–H and O–H groups in total. The number of anilines is 1. The van der Waals surface area contributed by atoms with Crippen molar-refractivity contribution in [3.63, 3.8) is 0 Å². The molecule has 0 saturated carbocycles. The zero-order chi connectivity index (χ0) is 24.6. The third-order valence-electron chi connectivity index (χ3n) is 7.24. The average molecular weight is 474 g/mol. The molecule has 9 nitrogen and oxygen atoms in total. The Balaban J connectivity index is 1.28. The minimum Gasteiger partial charge on any atom is -0.496 e.